The molecule has 4 rings (SSSR count). The maximum absolute atomic E-state index is 12.3. The van der Waals surface area contributed by atoms with Crippen LogP contribution in [0.5, 0.6) is 0 Å². The fourth-order valence-electron chi connectivity index (χ4n) is 6.86. The molecule has 1 heterocycles. The van der Waals surface area contributed by atoms with E-state index in [-0.39, 0.29) is 28.5 Å². The fourth-order valence-corrected chi connectivity index (χ4v) is 6.86. The van der Waals surface area contributed by atoms with Crippen molar-refractivity contribution in [2.24, 2.45) is 29.1 Å². The van der Waals surface area contributed by atoms with E-state index in [0.29, 0.717) is 17.8 Å². The summed E-state index contributed by atoms with van der Waals surface area (Å²) in [4.78, 5) is 12.3. The number of esters is 1. The average Bonchev–Trinajstić information content (AvgIpc) is 3.21. The minimum absolute atomic E-state index is 0.00370. The monoisotopic (exact) mass is 332 g/mol. The van der Waals surface area contributed by atoms with E-state index >= 15 is 0 Å². The summed E-state index contributed by atoms with van der Waals surface area (Å²) >= 11 is 0. The zero-order valence-electron chi connectivity index (χ0n) is 15.9. The summed E-state index contributed by atoms with van der Waals surface area (Å²) in [7, 11) is 1.54. The molecule has 1 saturated heterocycles. The van der Waals surface area contributed by atoms with E-state index in [9.17, 15) is 4.79 Å². The highest BCUT2D eigenvalue weighted by Gasteiger charge is 2.74. The second kappa shape index (κ2) is 5.09. The average molecular weight is 332 g/mol. The van der Waals surface area contributed by atoms with Gasteiger partial charge in [-0.2, -0.15) is 0 Å². The van der Waals surface area contributed by atoms with Gasteiger partial charge in [0.1, 0.15) is 11.2 Å². The predicted octanol–water partition coefficient (Wildman–Crippen LogP) is 4.51. The molecule has 0 radical (unpaired) electrons. The van der Waals surface area contributed by atoms with E-state index in [4.69, 9.17) is 9.47 Å². The van der Waals surface area contributed by atoms with E-state index < -0.39 is 0 Å². The van der Waals surface area contributed by atoms with Gasteiger partial charge in [-0.1, -0.05) is 33.3 Å². The van der Waals surface area contributed by atoms with Gasteiger partial charge in [0.05, 0.1) is 13.0 Å². The normalized spacial score (nSPS) is 49.6. The zero-order valence-corrected chi connectivity index (χ0v) is 15.9. The molecule has 3 aliphatic carbocycles. The van der Waals surface area contributed by atoms with Crippen LogP contribution in [0, 0.1) is 29.1 Å². The molecule has 2 saturated carbocycles. The van der Waals surface area contributed by atoms with Crippen molar-refractivity contribution in [1.29, 1.82) is 0 Å². The van der Waals surface area contributed by atoms with Crippen LogP contribution in [-0.4, -0.2) is 24.3 Å². The Bertz CT molecular complexity index is 594. The van der Waals surface area contributed by atoms with Crippen LogP contribution in [0.3, 0.4) is 0 Å². The summed E-state index contributed by atoms with van der Waals surface area (Å²) in [6.07, 6.45) is 9.19. The lowest BCUT2D eigenvalue weighted by Gasteiger charge is -2.55. The van der Waals surface area contributed by atoms with Gasteiger partial charge >= 0.3 is 5.97 Å². The molecule has 134 valence electrons. The number of epoxide rings is 1. The maximum atomic E-state index is 12.3. The van der Waals surface area contributed by atoms with Crippen molar-refractivity contribution in [3.05, 3.63) is 11.6 Å². The Hall–Kier alpha value is -0.830. The van der Waals surface area contributed by atoms with E-state index in [1.807, 2.05) is 0 Å². The number of hydrogen-bond acceptors (Lipinski definition) is 3. The minimum atomic E-state index is -0.0593. The molecule has 6 atom stereocenters. The van der Waals surface area contributed by atoms with Crippen LogP contribution in [0.1, 0.15) is 66.2 Å². The summed E-state index contributed by atoms with van der Waals surface area (Å²) in [6, 6.07) is 0. The molecule has 0 aromatic heterocycles. The Balaban J connectivity index is 1.70. The quantitative estimate of drug-likeness (QED) is 0.424. The number of methoxy groups -OCH3 is 1. The van der Waals surface area contributed by atoms with Gasteiger partial charge in [0.15, 0.2) is 0 Å². The van der Waals surface area contributed by atoms with Gasteiger partial charge in [0.2, 0.25) is 0 Å². The zero-order chi connectivity index (χ0) is 17.3. The van der Waals surface area contributed by atoms with E-state index in [0.717, 1.165) is 25.7 Å². The van der Waals surface area contributed by atoms with Crippen LogP contribution < -0.4 is 0 Å². The molecule has 0 N–H and O–H groups in total. The molecular formula is C21H32O3. The standard InChI is InChI=1S/C21H32O3/c1-13(2)21-12-10-16-17(20(21,4)24-21)9-8-15-14(18(22)23-5)7-6-11-19(15,16)3/h9,13-16H,6-8,10-12H2,1-5H3/t14-,15+,16+,19+,20-,21-/m1/s1. The van der Waals surface area contributed by atoms with Crippen molar-refractivity contribution < 1.29 is 14.3 Å². The van der Waals surface area contributed by atoms with E-state index in [1.54, 1.807) is 5.57 Å². The van der Waals surface area contributed by atoms with Gasteiger partial charge < -0.3 is 9.47 Å². The lowest BCUT2D eigenvalue weighted by Crippen LogP contribution is -2.52. The van der Waals surface area contributed by atoms with Crippen molar-refractivity contribution >= 4 is 5.97 Å². The molecule has 1 aliphatic heterocycles. The van der Waals surface area contributed by atoms with Crippen LogP contribution in [-0.2, 0) is 14.3 Å². The van der Waals surface area contributed by atoms with Crippen LogP contribution in [0.2, 0.25) is 0 Å². The maximum Gasteiger partial charge on any atom is 0.308 e. The Kier molecular flexibility index (Phi) is 3.53. The van der Waals surface area contributed by atoms with Crippen LogP contribution in [0.15, 0.2) is 11.6 Å². The first kappa shape index (κ1) is 16.6. The Morgan fingerprint density at radius 2 is 2.04 bits per heavy atom. The second-order valence-electron chi connectivity index (χ2n) is 9.30. The Morgan fingerprint density at radius 1 is 1.29 bits per heavy atom. The molecule has 3 nitrogen and oxygen atoms in total. The summed E-state index contributed by atoms with van der Waals surface area (Å²) < 4.78 is 11.6. The highest BCUT2D eigenvalue weighted by atomic mass is 16.6. The largest absolute Gasteiger partial charge is 0.469 e. The molecule has 24 heavy (non-hydrogen) atoms. The van der Waals surface area contributed by atoms with Crippen LogP contribution >= 0.6 is 0 Å². The van der Waals surface area contributed by atoms with Crippen molar-refractivity contribution in [2.75, 3.05) is 7.11 Å². The summed E-state index contributed by atoms with van der Waals surface area (Å²) in [6.45, 7) is 9.36. The molecule has 4 aliphatic rings. The molecular weight excluding hydrogens is 300 g/mol. The van der Waals surface area contributed by atoms with Crippen molar-refractivity contribution in [1.82, 2.24) is 0 Å². The number of rotatable bonds is 2. The van der Waals surface area contributed by atoms with Crippen molar-refractivity contribution in [2.45, 2.75) is 77.4 Å². The Morgan fingerprint density at radius 3 is 2.71 bits per heavy atom. The SMILES string of the molecule is COC(=O)[C@@H]1CCC[C@]2(C)[C@H]3CC[C@]4(C(C)C)O[C@]4(C)C3=CC[C@@H]12. The van der Waals surface area contributed by atoms with Crippen molar-refractivity contribution in [3.63, 3.8) is 0 Å². The minimum Gasteiger partial charge on any atom is -0.469 e. The molecule has 0 bridgehead atoms. The number of carbonyl (C=O) groups is 1. The summed E-state index contributed by atoms with van der Waals surface area (Å²) in [5, 5.41) is 0. The number of hydrogen-bond donors (Lipinski definition) is 0. The molecule has 3 fully saturated rings. The smallest absolute Gasteiger partial charge is 0.308 e. The third kappa shape index (κ3) is 1.85. The highest BCUT2D eigenvalue weighted by Crippen LogP contribution is 2.70. The molecule has 0 aromatic carbocycles. The van der Waals surface area contributed by atoms with Gasteiger partial charge in [-0.25, -0.2) is 0 Å². The molecule has 0 amide bonds. The summed E-state index contributed by atoms with van der Waals surface area (Å²) in [5.41, 5.74) is 1.77. The fraction of sp³-hybridized carbons (Fsp3) is 0.857. The van der Waals surface area contributed by atoms with Crippen LogP contribution in [0.25, 0.3) is 0 Å². The second-order valence-corrected chi connectivity index (χ2v) is 9.30. The first-order valence-electron chi connectivity index (χ1n) is 9.78. The first-order chi connectivity index (χ1) is 11.3. The van der Waals surface area contributed by atoms with E-state index in [1.165, 1.54) is 20.0 Å². The Labute approximate surface area is 146 Å². The van der Waals surface area contributed by atoms with Crippen molar-refractivity contribution in [3.8, 4) is 0 Å². The highest BCUT2D eigenvalue weighted by molar-refractivity contribution is 5.73. The third-order valence-corrected chi connectivity index (χ3v) is 8.27. The van der Waals surface area contributed by atoms with Gasteiger partial charge in [-0.3, -0.25) is 4.79 Å². The summed E-state index contributed by atoms with van der Waals surface area (Å²) in [5.74, 6) is 1.65. The lowest BCUT2D eigenvalue weighted by molar-refractivity contribution is -0.153. The number of fused-ring (bicyclic) bond motifs is 5. The predicted molar refractivity (Wildman–Crippen MR) is 93.4 cm³/mol. The molecule has 3 heteroatoms. The van der Waals surface area contributed by atoms with Gasteiger partial charge in [0, 0.05) is 0 Å². The van der Waals surface area contributed by atoms with Gasteiger partial charge in [-0.15, -0.1) is 0 Å². The number of allylic oxidation sites excluding steroid dienone is 1. The van der Waals surface area contributed by atoms with E-state index in [2.05, 4.69) is 33.8 Å². The van der Waals surface area contributed by atoms with Gasteiger partial charge in [0.25, 0.3) is 0 Å². The number of carbonyl (C=O) groups excluding carboxylic acids is 1. The lowest BCUT2D eigenvalue weighted by atomic mass is 9.48. The molecule has 0 unspecified atom stereocenters. The third-order valence-electron chi connectivity index (χ3n) is 8.27. The molecule has 0 spiro atoms. The topological polar surface area (TPSA) is 38.8 Å². The van der Waals surface area contributed by atoms with Crippen LogP contribution in [0.4, 0.5) is 0 Å². The number of ether oxygens (including phenoxy) is 2. The molecule has 0 aromatic rings. The van der Waals surface area contributed by atoms with Gasteiger partial charge in [-0.05, 0) is 67.8 Å². The first-order valence-corrected chi connectivity index (χ1v) is 9.78.